The average molecular weight is 401 g/mol. The molecule has 0 bridgehead atoms. The Balaban J connectivity index is 1.75. The fourth-order valence-corrected chi connectivity index (χ4v) is 3.39. The van der Waals surface area contributed by atoms with Crippen LogP contribution in [0, 0.1) is 0 Å². The largest absolute Gasteiger partial charge is 0.493 e. The summed E-state index contributed by atoms with van der Waals surface area (Å²) in [5.74, 6) is 1.13. The lowest BCUT2D eigenvalue weighted by atomic mass is 10.1. The van der Waals surface area contributed by atoms with Gasteiger partial charge in [-0.1, -0.05) is 6.92 Å². The summed E-state index contributed by atoms with van der Waals surface area (Å²) in [4.78, 5) is 23.5. The van der Waals surface area contributed by atoms with Crippen molar-refractivity contribution in [1.29, 1.82) is 0 Å². The first-order valence-corrected chi connectivity index (χ1v) is 9.67. The highest BCUT2D eigenvalue weighted by molar-refractivity contribution is 5.98. The van der Waals surface area contributed by atoms with Crippen LogP contribution in [0.25, 0.3) is 0 Å². The minimum absolute atomic E-state index is 0.140. The molecule has 1 aromatic heterocycles. The van der Waals surface area contributed by atoms with Gasteiger partial charge in [0.05, 0.1) is 33.4 Å². The normalized spacial score (nSPS) is 16.3. The predicted octanol–water partition coefficient (Wildman–Crippen LogP) is 2.75. The van der Waals surface area contributed by atoms with E-state index in [1.807, 2.05) is 6.92 Å². The molecule has 1 amide bonds. The lowest BCUT2D eigenvalue weighted by molar-refractivity contribution is 0.0512. The molecular formula is C21H27N3O5. The van der Waals surface area contributed by atoms with Gasteiger partial charge in [0.15, 0.2) is 11.5 Å². The molecule has 8 nitrogen and oxygen atoms in total. The number of likely N-dealkylation sites (tertiary alicyclic amines) is 1. The van der Waals surface area contributed by atoms with Crippen molar-refractivity contribution >= 4 is 5.91 Å². The maximum atomic E-state index is 13.2. The first kappa shape index (κ1) is 20.7. The number of carbonyl (C=O) groups excluding carboxylic acids is 1. The molecule has 8 heteroatoms. The molecule has 2 aromatic rings. The number of benzene rings is 1. The molecule has 1 fully saturated rings. The number of ether oxygens (including phenoxy) is 4. The molecular weight excluding hydrogens is 374 g/mol. The summed E-state index contributed by atoms with van der Waals surface area (Å²) >= 11 is 0. The third-order valence-electron chi connectivity index (χ3n) is 4.96. The number of rotatable bonds is 7. The maximum Gasteiger partial charge on any atom is 0.316 e. The Morgan fingerprint density at radius 2 is 1.83 bits per heavy atom. The van der Waals surface area contributed by atoms with Crippen LogP contribution in [0.2, 0.25) is 0 Å². The summed E-state index contributed by atoms with van der Waals surface area (Å²) in [5, 5.41) is 0. The maximum absolute atomic E-state index is 13.2. The molecule has 1 unspecified atom stereocenters. The number of carbonyl (C=O) groups is 1. The molecule has 2 heterocycles. The second-order valence-corrected chi connectivity index (χ2v) is 6.74. The predicted molar refractivity (Wildman–Crippen MR) is 107 cm³/mol. The minimum atomic E-state index is -0.161. The van der Waals surface area contributed by atoms with Crippen LogP contribution in [0.15, 0.2) is 24.5 Å². The summed E-state index contributed by atoms with van der Waals surface area (Å²) in [7, 11) is 4.57. The number of amides is 1. The van der Waals surface area contributed by atoms with Gasteiger partial charge >= 0.3 is 6.01 Å². The Morgan fingerprint density at radius 1 is 1.10 bits per heavy atom. The van der Waals surface area contributed by atoms with Crippen LogP contribution in [0.4, 0.5) is 0 Å². The molecule has 1 aliphatic heterocycles. The summed E-state index contributed by atoms with van der Waals surface area (Å²) in [6.45, 7) is 3.15. The summed E-state index contributed by atoms with van der Waals surface area (Å²) in [6, 6.07) is 3.74. The monoisotopic (exact) mass is 401 g/mol. The van der Waals surface area contributed by atoms with Gasteiger partial charge in [0, 0.05) is 18.9 Å². The first-order chi connectivity index (χ1) is 14.1. The van der Waals surface area contributed by atoms with E-state index in [9.17, 15) is 4.79 Å². The molecule has 1 aromatic carbocycles. The fraction of sp³-hybridized carbons (Fsp3) is 0.476. The smallest absolute Gasteiger partial charge is 0.316 e. The highest BCUT2D eigenvalue weighted by Gasteiger charge is 2.29. The highest BCUT2D eigenvalue weighted by atomic mass is 16.5. The number of hydrogen-bond acceptors (Lipinski definition) is 7. The van der Waals surface area contributed by atoms with Gasteiger partial charge < -0.3 is 23.8 Å². The molecule has 1 saturated heterocycles. The zero-order valence-corrected chi connectivity index (χ0v) is 17.3. The van der Waals surface area contributed by atoms with E-state index in [2.05, 4.69) is 9.97 Å². The second kappa shape index (κ2) is 9.45. The van der Waals surface area contributed by atoms with Gasteiger partial charge in [0.25, 0.3) is 5.91 Å². The van der Waals surface area contributed by atoms with E-state index in [0.29, 0.717) is 41.9 Å². The number of aromatic nitrogens is 2. The van der Waals surface area contributed by atoms with E-state index < -0.39 is 0 Å². The van der Waals surface area contributed by atoms with Crippen LogP contribution in [0.5, 0.6) is 23.3 Å². The van der Waals surface area contributed by atoms with Crippen LogP contribution >= 0.6 is 0 Å². The molecule has 0 aliphatic carbocycles. The number of hydrogen-bond donors (Lipinski definition) is 0. The van der Waals surface area contributed by atoms with Crippen molar-refractivity contribution in [2.45, 2.75) is 32.3 Å². The molecule has 0 radical (unpaired) electrons. The zero-order chi connectivity index (χ0) is 20.8. The molecule has 29 heavy (non-hydrogen) atoms. The molecule has 3 rings (SSSR count). The Kier molecular flexibility index (Phi) is 6.74. The molecule has 1 atom stereocenters. The highest BCUT2D eigenvalue weighted by Crippen LogP contribution is 2.40. The van der Waals surface area contributed by atoms with Crippen molar-refractivity contribution in [3.63, 3.8) is 0 Å². The van der Waals surface area contributed by atoms with E-state index in [0.717, 1.165) is 24.8 Å². The Bertz CT molecular complexity index is 841. The van der Waals surface area contributed by atoms with Crippen molar-refractivity contribution < 1.29 is 23.7 Å². The minimum Gasteiger partial charge on any atom is -0.493 e. The SMILES string of the molecule is CCc1cnc(OC2CCCN(C(=O)c3ccc(OC)c(OC)c3OC)C2)nc1. The first-order valence-electron chi connectivity index (χ1n) is 9.67. The molecule has 156 valence electrons. The Morgan fingerprint density at radius 3 is 2.45 bits per heavy atom. The van der Waals surface area contributed by atoms with Gasteiger partial charge in [-0.2, -0.15) is 0 Å². The van der Waals surface area contributed by atoms with E-state index >= 15 is 0 Å². The number of nitrogens with zero attached hydrogens (tertiary/aromatic N) is 3. The second-order valence-electron chi connectivity index (χ2n) is 6.74. The van der Waals surface area contributed by atoms with Gasteiger partial charge in [-0.05, 0) is 37.0 Å². The molecule has 1 aliphatic rings. The molecule has 0 spiro atoms. The van der Waals surface area contributed by atoms with Gasteiger partial charge in [0.2, 0.25) is 5.75 Å². The quantitative estimate of drug-likeness (QED) is 0.705. The Labute approximate surface area is 170 Å². The average Bonchev–Trinajstić information content (AvgIpc) is 2.78. The Hall–Kier alpha value is -3.03. The number of piperidine rings is 1. The topological polar surface area (TPSA) is 83.0 Å². The third kappa shape index (κ3) is 4.52. The van der Waals surface area contributed by atoms with Crippen LogP contribution < -0.4 is 18.9 Å². The van der Waals surface area contributed by atoms with E-state index in [1.54, 1.807) is 36.5 Å². The van der Waals surface area contributed by atoms with Crippen LogP contribution in [-0.4, -0.2) is 61.3 Å². The summed E-state index contributed by atoms with van der Waals surface area (Å²) in [5.41, 5.74) is 1.48. The summed E-state index contributed by atoms with van der Waals surface area (Å²) < 4.78 is 22.1. The zero-order valence-electron chi connectivity index (χ0n) is 17.3. The van der Waals surface area contributed by atoms with Crippen molar-refractivity contribution in [3.05, 3.63) is 35.7 Å². The van der Waals surface area contributed by atoms with Gasteiger partial charge in [0.1, 0.15) is 6.10 Å². The number of aryl methyl sites for hydroxylation is 1. The van der Waals surface area contributed by atoms with Crippen molar-refractivity contribution in [1.82, 2.24) is 14.9 Å². The van der Waals surface area contributed by atoms with Gasteiger partial charge in [-0.25, -0.2) is 9.97 Å². The fourth-order valence-electron chi connectivity index (χ4n) is 3.39. The van der Waals surface area contributed by atoms with Crippen LogP contribution in [-0.2, 0) is 6.42 Å². The molecule has 0 saturated carbocycles. The van der Waals surface area contributed by atoms with E-state index in [4.69, 9.17) is 18.9 Å². The van der Waals surface area contributed by atoms with Gasteiger partial charge in [-0.3, -0.25) is 4.79 Å². The third-order valence-corrected chi connectivity index (χ3v) is 4.96. The van der Waals surface area contributed by atoms with Crippen molar-refractivity contribution in [3.8, 4) is 23.3 Å². The lowest BCUT2D eigenvalue weighted by Gasteiger charge is -2.32. The van der Waals surface area contributed by atoms with Crippen LogP contribution in [0.1, 0.15) is 35.7 Å². The van der Waals surface area contributed by atoms with Crippen molar-refractivity contribution in [2.75, 3.05) is 34.4 Å². The van der Waals surface area contributed by atoms with Gasteiger partial charge in [-0.15, -0.1) is 0 Å². The lowest BCUT2D eigenvalue weighted by Crippen LogP contribution is -2.44. The van der Waals surface area contributed by atoms with Crippen molar-refractivity contribution in [2.24, 2.45) is 0 Å². The number of methoxy groups -OCH3 is 3. The summed E-state index contributed by atoms with van der Waals surface area (Å²) in [6.07, 6.45) is 5.92. The van der Waals surface area contributed by atoms with E-state index in [-0.39, 0.29) is 12.0 Å². The van der Waals surface area contributed by atoms with Crippen LogP contribution in [0.3, 0.4) is 0 Å². The standard InChI is InChI=1S/C21H27N3O5/c1-5-14-11-22-21(23-12-14)29-15-7-6-10-24(13-15)20(25)16-8-9-17(26-2)19(28-4)18(16)27-3/h8-9,11-12,15H,5-7,10,13H2,1-4H3. The molecule has 0 N–H and O–H groups in total. The van der Waals surface area contributed by atoms with E-state index in [1.165, 1.54) is 14.2 Å².